The van der Waals surface area contributed by atoms with Crippen LogP contribution in [0, 0.1) is 10.1 Å². The molecule has 1 aromatic carbocycles. The lowest BCUT2D eigenvalue weighted by Gasteiger charge is -1.93. The topological polar surface area (TPSA) is 82.1 Å². The summed E-state index contributed by atoms with van der Waals surface area (Å²) in [4.78, 5) is 14.1. The van der Waals surface area contributed by atoms with Gasteiger partial charge in [0, 0.05) is 17.7 Å². The van der Waals surface area contributed by atoms with Gasteiger partial charge in [-0.2, -0.15) is 4.98 Å². The smallest absolute Gasteiger partial charge is 0.269 e. The van der Waals surface area contributed by atoms with E-state index in [2.05, 4.69) is 10.1 Å². The SMILES string of the molecule is CC=Cc1nc(-c2ccc([N+](=O)[O-])cc2)no1. The number of benzene rings is 1. The van der Waals surface area contributed by atoms with E-state index in [0.717, 1.165) is 0 Å². The van der Waals surface area contributed by atoms with E-state index in [-0.39, 0.29) is 5.69 Å². The number of nitro benzene ring substituents is 1. The maximum Gasteiger partial charge on any atom is 0.269 e. The summed E-state index contributed by atoms with van der Waals surface area (Å²) in [5, 5.41) is 14.3. The van der Waals surface area contributed by atoms with Gasteiger partial charge in [-0.25, -0.2) is 0 Å². The van der Waals surface area contributed by atoms with Crippen LogP contribution in [0.15, 0.2) is 34.9 Å². The molecule has 17 heavy (non-hydrogen) atoms. The molecule has 2 aromatic rings. The molecule has 0 atom stereocenters. The molecule has 0 saturated heterocycles. The van der Waals surface area contributed by atoms with Crippen molar-refractivity contribution in [1.82, 2.24) is 10.1 Å². The van der Waals surface area contributed by atoms with Gasteiger partial charge >= 0.3 is 0 Å². The third-order valence-electron chi connectivity index (χ3n) is 2.09. The lowest BCUT2D eigenvalue weighted by atomic mass is 10.2. The van der Waals surface area contributed by atoms with Gasteiger partial charge in [0.2, 0.25) is 5.82 Å². The molecule has 1 aromatic heterocycles. The molecule has 1 heterocycles. The van der Waals surface area contributed by atoms with Crippen LogP contribution in [-0.2, 0) is 0 Å². The summed E-state index contributed by atoms with van der Waals surface area (Å²) in [6, 6.07) is 5.98. The van der Waals surface area contributed by atoms with Crippen LogP contribution >= 0.6 is 0 Å². The average Bonchev–Trinajstić information content (AvgIpc) is 2.78. The van der Waals surface area contributed by atoms with Crippen molar-refractivity contribution in [2.75, 3.05) is 0 Å². The summed E-state index contributed by atoms with van der Waals surface area (Å²) < 4.78 is 4.96. The molecule has 2 rings (SSSR count). The van der Waals surface area contributed by atoms with Crippen molar-refractivity contribution in [2.24, 2.45) is 0 Å². The molecule has 6 heteroatoms. The highest BCUT2D eigenvalue weighted by Gasteiger charge is 2.09. The molecule has 0 bridgehead atoms. The fourth-order valence-corrected chi connectivity index (χ4v) is 1.29. The minimum absolute atomic E-state index is 0.0333. The molecule has 0 saturated carbocycles. The van der Waals surface area contributed by atoms with Gasteiger partial charge in [-0.3, -0.25) is 10.1 Å². The lowest BCUT2D eigenvalue weighted by Crippen LogP contribution is -1.87. The number of rotatable bonds is 3. The van der Waals surface area contributed by atoms with E-state index in [4.69, 9.17) is 4.52 Å². The normalized spacial score (nSPS) is 10.9. The van der Waals surface area contributed by atoms with Crippen LogP contribution in [0.4, 0.5) is 5.69 Å². The number of hydrogen-bond donors (Lipinski definition) is 0. The summed E-state index contributed by atoms with van der Waals surface area (Å²) in [6.07, 6.45) is 3.47. The molecule has 86 valence electrons. The highest BCUT2D eigenvalue weighted by atomic mass is 16.6. The molecular weight excluding hydrogens is 222 g/mol. The van der Waals surface area contributed by atoms with Crippen molar-refractivity contribution in [1.29, 1.82) is 0 Å². The Labute approximate surface area is 96.7 Å². The Bertz CT molecular complexity index is 558. The Morgan fingerprint density at radius 1 is 1.35 bits per heavy atom. The molecule has 0 aliphatic carbocycles. The van der Waals surface area contributed by atoms with Gasteiger partial charge in [0.15, 0.2) is 0 Å². The fraction of sp³-hybridized carbons (Fsp3) is 0.0909. The number of hydrogen-bond acceptors (Lipinski definition) is 5. The maximum absolute atomic E-state index is 10.5. The van der Waals surface area contributed by atoms with Crippen molar-refractivity contribution in [3.63, 3.8) is 0 Å². The molecule has 0 unspecified atom stereocenters. The Balaban J connectivity index is 2.29. The minimum atomic E-state index is -0.453. The molecular formula is C11H9N3O3. The van der Waals surface area contributed by atoms with E-state index in [1.54, 1.807) is 24.3 Å². The van der Waals surface area contributed by atoms with Gasteiger partial charge in [-0.05, 0) is 25.1 Å². The van der Waals surface area contributed by atoms with E-state index < -0.39 is 4.92 Å². The molecule has 6 nitrogen and oxygen atoms in total. The van der Waals surface area contributed by atoms with Gasteiger partial charge in [0.05, 0.1) is 4.92 Å². The van der Waals surface area contributed by atoms with E-state index in [9.17, 15) is 10.1 Å². The third kappa shape index (κ3) is 2.36. The second-order valence-electron chi connectivity index (χ2n) is 3.26. The van der Waals surface area contributed by atoms with Gasteiger partial charge in [0.1, 0.15) is 0 Å². The summed E-state index contributed by atoms with van der Waals surface area (Å²) >= 11 is 0. The van der Waals surface area contributed by atoms with Crippen LogP contribution < -0.4 is 0 Å². The Morgan fingerprint density at radius 3 is 2.65 bits per heavy atom. The van der Waals surface area contributed by atoms with Gasteiger partial charge in [0.25, 0.3) is 11.6 Å². The molecule has 0 spiro atoms. The van der Waals surface area contributed by atoms with Crippen molar-refractivity contribution < 1.29 is 9.45 Å². The first-order chi connectivity index (χ1) is 8.20. The number of aromatic nitrogens is 2. The van der Waals surface area contributed by atoms with Crippen LogP contribution in [0.5, 0.6) is 0 Å². The lowest BCUT2D eigenvalue weighted by molar-refractivity contribution is -0.384. The van der Waals surface area contributed by atoms with Crippen molar-refractivity contribution in [3.05, 3.63) is 46.3 Å². The molecule has 0 N–H and O–H groups in total. The number of non-ortho nitro benzene ring substituents is 1. The van der Waals surface area contributed by atoms with Crippen LogP contribution in [0.2, 0.25) is 0 Å². The predicted octanol–water partition coefficient (Wildman–Crippen LogP) is 2.68. The number of nitro groups is 1. The zero-order chi connectivity index (χ0) is 12.3. The average molecular weight is 231 g/mol. The van der Waals surface area contributed by atoms with Gasteiger partial charge < -0.3 is 4.52 Å². The number of nitrogens with zero attached hydrogens (tertiary/aromatic N) is 3. The minimum Gasteiger partial charge on any atom is -0.334 e. The van der Waals surface area contributed by atoms with Gasteiger partial charge in [-0.1, -0.05) is 11.2 Å². The van der Waals surface area contributed by atoms with Crippen LogP contribution in [0.1, 0.15) is 12.8 Å². The first-order valence-corrected chi connectivity index (χ1v) is 4.92. The van der Waals surface area contributed by atoms with Crippen molar-refractivity contribution in [2.45, 2.75) is 6.92 Å². The van der Waals surface area contributed by atoms with Crippen LogP contribution in [-0.4, -0.2) is 15.1 Å². The first-order valence-electron chi connectivity index (χ1n) is 4.92. The van der Waals surface area contributed by atoms with Crippen LogP contribution in [0.3, 0.4) is 0 Å². The molecule has 0 fully saturated rings. The summed E-state index contributed by atoms with van der Waals surface area (Å²) in [6.45, 7) is 1.84. The summed E-state index contributed by atoms with van der Waals surface area (Å²) in [7, 11) is 0. The molecule has 0 aliphatic rings. The molecule has 0 amide bonds. The quantitative estimate of drug-likeness (QED) is 0.599. The van der Waals surface area contributed by atoms with E-state index >= 15 is 0 Å². The number of allylic oxidation sites excluding steroid dienone is 1. The van der Waals surface area contributed by atoms with E-state index in [0.29, 0.717) is 17.3 Å². The summed E-state index contributed by atoms with van der Waals surface area (Å²) in [5.74, 6) is 0.814. The largest absolute Gasteiger partial charge is 0.334 e. The standard InChI is InChI=1S/C11H9N3O3/c1-2-3-10-12-11(13-17-10)8-4-6-9(7-5-8)14(15)16/h2-7H,1H3. The first kappa shape index (κ1) is 11.0. The third-order valence-corrected chi connectivity index (χ3v) is 2.09. The predicted molar refractivity (Wildman–Crippen MR) is 61.1 cm³/mol. The van der Waals surface area contributed by atoms with Gasteiger partial charge in [-0.15, -0.1) is 0 Å². The zero-order valence-corrected chi connectivity index (χ0v) is 9.03. The van der Waals surface area contributed by atoms with Crippen molar-refractivity contribution >= 4 is 11.8 Å². The highest BCUT2D eigenvalue weighted by Crippen LogP contribution is 2.19. The highest BCUT2D eigenvalue weighted by molar-refractivity contribution is 5.57. The Kier molecular flexibility index (Phi) is 2.95. The van der Waals surface area contributed by atoms with Crippen LogP contribution in [0.25, 0.3) is 17.5 Å². The molecule has 0 aliphatic heterocycles. The second kappa shape index (κ2) is 4.56. The second-order valence-corrected chi connectivity index (χ2v) is 3.26. The summed E-state index contributed by atoms with van der Waals surface area (Å²) in [5.41, 5.74) is 0.709. The Hall–Kier alpha value is -2.50. The van der Waals surface area contributed by atoms with E-state index in [1.807, 2.05) is 6.92 Å². The van der Waals surface area contributed by atoms with E-state index in [1.165, 1.54) is 12.1 Å². The molecule has 0 radical (unpaired) electrons. The fourth-order valence-electron chi connectivity index (χ4n) is 1.29. The zero-order valence-electron chi connectivity index (χ0n) is 9.03. The van der Waals surface area contributed by atoms with Crippen molar-refractivity contribution in [3.8, 4) is 11.4 Å². The maximum atomic E-state index is 10.5. The Morgan fingerprint density at radius 2 is 2.06 bits per heavy atom. The monoisotopic (exact) mass is 231 g/mol.